The monoisotopic (exact) mass is 348 g/mol. The van der Waals surface area contributed by atoms with Crippen LogP contribution in [-0.4, -0.2) is 20.9 Å². The zero-order chi connectivity index (χ0) is 17.9. The van der Waals surface area contributed by atoms with Gasteiger partial charge >= 0.3 is 0 Å². The van der Waals surface area contributed by atoms with Crippen molar-refractivity contribution >= 4 is 5.91 Å². The summed E-state index contributed by atoms with van der Waals surface area (Å²) in [6.45, 7) is 3.37. The van der Waals surface area contributed by atoms with E-state index < -0.39 is 0 Å². The molecule has 0 unspecified atom stereocenters. The van der Waals surface area contributed by atoms with Crippen LogP contribution in [0.3, 0.4) is 0 Å². The van der Waals surface area contributed by atoms with Crippen LogP contribution in [0.2, 0.25) is 0 Å². The molecule has 0 saturated carbocycles. The number of carbonyl (C=O) groups excluding carboxylic acids is 1. The number of aromatic nitrogens is 3. The fourth-order valence-corrected chi connectivity index (χ4v) is 3.03. The lowest BCUT2D eigenvalue weighted by atomic mass is 10.1. The molecule has 6 nitrogen and oxygen atoms in total. The van der Waals surface area contributed by atoms with E-state index >= 15 is 0 Å². The van der Waals surface area contributed by atoms with E-state index in [2.05, 4.69) is 15.6 Å². The minimum absolute atomic E-state index is 0.0751. The molecule has 1 amide bonds. The van der Waals surface area contributed by atoms with Crippen molar-refractivity contribution in [3.05, 3.63) is 82.7 Å². The van der Waals surface area contributed by atoms with E-state index in [4.69, 9.17) is 4.74 Å². The van der Waals surface area contributed by atoms with Gasteiger partial charge in [-0.25, -0.2) is 4.68 Å². The first-order chi connectivity index (χ1) is 12.7. The molecule has 4 rings (SSSR count). The van der Waals surface area contributed by atoms with E-state index in [1.54, 1.807) is 4.68 Å². The lowest BCUT2D eigenvalue weighted by Crippen LogP contribution is -2.27. The Morgan fingerprint density at radius 1 is 1.19 bits per heavy atom. The van der Waals surface area contributed by atoms with Gasteiger partial charge in [-0.2, -0.15) is 0 Å². The molecule has 132 valence electrons. The van der Waals surface area contributed by atoms with E-state index in [0.717, 1.165) is 16.8 Å². The molecule has 0 bridgehead atoms. The Morgan fingerprint density at radius 3 is 2.73 bits per heavy atom. The van der Waals surface area contributed by atoms with Crippen LogP contribution in [-0.2, 0) is 24.4 Å². The van der Waals surface area contributed by atoms with Crippen molar-refractivity contribution in [2.24, 2.45) is 0 Å². The van der Waals surface area contributed by atoms with Gasteiger partial charge in [0.25, 0.3) is 5.91 Å². The van der Waals surface area contributed by atoms with Gasteiger partial charge in [-0.1, -0.05) is 65.4 Å². The zero-order valence-corrected chi connectivity index (χ0v) is 14.6. The van der Waals surface area contributed by atoms with Crippen molar-refractivity contribution in [2.45, 2.75) is 32.7 Å². The van der Waals surface area contributed by atoms with Gasteiger partial charge in [-0.05, 0) is 18.1 Å². The normalized spacial score (nSPS) is 16.1. The zero-order valence-electron chi connectivity index (χ0n) is 14.6. The Bertz CT molecular complexity index is 903. The molecule has 0 spiro atoms. The van der Waals surface area contributed by atoms with E-state index in [-0.39, 0.29) is 12.0 Å². The minimum Gasteiger partial charge on any atom is -0.365 e. The summed E-state index contributed by atoms with van der Waals surface area (Å²) in [6, 6.07) is 18.1. The van der Waals surface area contributed by atoms with Crippen molar-refractivity contribution < 1.29 is 9.53 Å². The van der Waals surface area contributed by atoms with Gasteiger partial charge in [0.2, 0.25) is 0 Å². The molecule has 0 radical (unpaired) electrons. The predicted octanol–water partition coefficient (Wildman–Crippen LogP) is 2.79. The van der Waals surface area contributed by atoms with Crippen LogP contribution in [0.1, 0.15) is 39.0 Å². The third-order valence-corrected chi connectivity index (χ3v) is 4.56. The second-order valence-electron chi connectivity index (χ2n) is 6.45. The molecule has 0 fully saturated rings. The van der Waals surface area contributed by atoms with Crippen LogP contribution >= 0.6 is 0 Å². The Hall–Kier alpha value is -2.99. The Morgan fingerprint density at radius 2 is 1.96 bits per heavy atom. The highest BCUT2D eigenvalue weighted by Crippen LogP contribution is 2.26. The summed E-state index contributed by atoms with van der Waals surface area (Å²) in [6.07, 6.45) is -0.0751. The van der Waals surface area contributed by atoms with Crippen LogP contribution in [0, 0.1) is 6.92 Å². The van der Waals surface area contributed by atoms with Gasteiger partial charge in [-0.3, -0.25) is 4.79 Å². The highest BCUT2D eigenvalue weighted by atomic mass is 16.5. The second-order valence-corrected chi connectivity index (χ2v) is 6.45. The summed E-state index contributed by atoms with van der Waals surface area (Å²) in [4.78, 5) is 12.5. The smallest absolute Gasteiger partial charge is 0.274 e. The fourth-order valence-electron chi connectivity index (χ4n) is 3.03. The maximum atomic E-state index is 12.5. The standard InChI is InChI=1S/C20H20N4O2/c1-14-7-9-15(10-8-14)11-21-20(25)19-17-13-26-18(12-24(17)23-22-19)16-5-3-2-4-6-16/h2-10,18H,11-13H2,1H3,(H,21,25)/t18-/m1/s1. The molecular weight excluding hydrogens is 328 g/mol. The first-order valence-electron chi connectivity index (χ1n) is 8.63. The molecule has 0 aliphatic carbocycles. The molecular formula is C20H20N4O2. The number of nitrogens with one attached hydrogen (secondary N) is 1. The van der Waals surface area contributed by atoms with Crippen LogP contribution in [0.15, 0.2) is 54.6 Å². The molecule has 1 aliphatic heterocycles. The molecule has 6 heteroatoms. The molecule has 2 aromatic carbocycles. The molecule has 3 aromatic rings. The molecule has 1 atom stereocenters. The van der Waals surface area contributed by atoms with E-state index in [1.807, 2.05) is 61.5 Å². The highest BCUT2D eigenvalue weighted by Gasteiger charge is 2.27. The Labute approximate surface area is 151 Å². The largest absolute Gasteiger partial charge is 0.365 e. The molecule has 0 saturated heterocycles. The maximum absolute atomic E-state index is 12.5. The average molecular weight is 348 g/mol. The molecule has 26 heavy (non-hydrogen) atoms. The summed E-state index contributed by atoms with van der Waals surface area (Å²) in [5, 5.41) is 11.1. The first kappa shape index (κ1) is 16.5. The number of carbonyl (C=O) groups is 1. The number of aryl methyl sites for hydroxylation is 1. The van der Waals surface area contributed by atoms with Gasteiger partial charge in [0.15, 0.2) is 5.69 Å². The topological polar surface area (TPSA) is 69.0 Å². The van der Waals surface area contributed by atoms with Crippen molar-refractivity contribution in [1.29, 1.82) is 0 Å². The SMILES string of the molecule is Cc1ccc(CNC(=O)c2nnn3c2CO[C@@H](c2ccccc2)C3)cc1. The average Bonchev–Trinajstić information content (AvgIpc) is 3.11. The molecule has 1 aromatic heterocycles. The Kier molecular flexibility index (Phi) is 4.50. The van der Waals surface area contributed by atoms with E-state index in [9.17, 15) is 4.79 Å². The van der Waals surface area contributed by atoms with Crippen LogP contribution in [0.25, 0.3) is 0 Å². The van der Waals surface area contributed by atoms with E-state index in [1.165, 1.54) is 5.56 Å². The van der Waals surface area contributed by atoms with Gasteiger partial charge in [0.05, 0.1) is 18.8 Å². The van der Waals surface area contributed by atoms with Crippen molar-refractivity contribution in [3.63, 3.8) is 0 Å². The van der Waals surface area contributed by atoms with E-state index in [0.29, 0.717) is 25.4 Å². The van der Waals surface area contributed by atoms with Crippen LogP contribution in [0.5, 0.6) is 0 Å². The van der Waals surface area contributed by atoms with Crippen LogP contribution < -0.4 is 5.32 Å². The summed E-state index contributed by atoms with van der Waals surface area (Å²) in [7, 11) is 0. The lowest BCUT2D eigenvalue weighted by Gasteiger charge is -2.24. The van der Waals surface area contributed by atoms with Gasteiger partial charge in [0.1, 0.15) is 6.10 Å². The summed E-state index contributed by atoms with van der Waals surface area (Å²) < 4.78 is 7.70. The molecule has 2 heterocycles. The van der Waals surface area contributed by atoms with Gasteiger partial charge in [0, 0.05) is 6.54 Å². The number of fused-ring (bicyclic) bond motifs is 1. The third kappa shape index (κ3) is 3.36. The number of hydrogen-bond acceptors (Lipinski definition) is 4. The number of rotatable bonds is 4. The number of amides is 1. The molecule has 1 aliphatic rings. The first-order valence-corrected chi connectivity index (χ1v) is 8.63. The van der Waals surface area contributed by atoms with Crippen molar-refractivity contribution in [3.8, 4) is 0 Å². The number of ether oxygens (including phenoxy) is 1. The number of nitrogens with zero attached hydrogens (tertiary/aromatic N) is 3. The number of benzene rings is 2. The third-order valence-electron chi connectivity index (χ3n) is 4.56. The summed E-state index contributed by atoms with van der Waals surface area (Å²) in [5.41, 5.74) is 4.39. The highest BCUT2D eigenvalue weighted by molar-refractivity contribution is 5.93. The Balaban J connectivity index is 1.44. The van der Waals surface area contributed by atoms with Gasteiger partial charge in [-0.15, -0.1) is 5.10 Å². The van der Waals surface area contributed by atoms with Crippen molar-refractivity contribution in [1.82, 2.24) is 20.3 Å². The van der Waals surface area contributed by atoms with Crippen LogP contribution in [0.4, 0.5) is 0 Å². The second kappa shape index (κ2) is 7.09. The summed E-state index contributed by atoms with van der Waals surface area (Å²) >= 11 is 0. The lowest BCUT2D eigenvalue weighted by molar-refractivity contribution is -0.00177. The minimum atomic E-state index is -0.228. The maximum Gasteiger partial charge on any atom is 0.274 e. The van der Waals surface area contributed by atoms with Gasteiger partial charge < -0.3 is 10.1 Å². The fraction of sp³-hybridized carbons (Fsp3) is 0.250. The van der Waals surface area contributed by atoms with Crippen molar-refractivity contribution in [2.75, 3.05) is 0 Å². The number of hydrogen-bond donors (Lipinski definition) is 1. The molecule has 1 N–H and O–H groups in total. The predicted molar refractivity (Wildman–Crippen MR) is 96.3 cm³/mol. The summed E-state index contributed by atoms with van der Waals surface area (Å²) in [5.74, 6) is -0.228. The quantitative estimate of drug-likeness (QED) is 0.787.